The number of ether oxygens (including phenoxy) is 1. The summed E-state index contributed by atoms with van der Waals surface area (Å²) in [5.74, 6) is 1.19. The number of benzene rings is 2. The molecule has 8 heteroatoms. The monoisotopic (exact) mass is 493 g/mol. The van der Waals surface area contributed by atoms with Crippen molar-refractivity contribution in [1.29, 1.82) is 0 Å². The molecule has 2 N–H and O–H groups in total. The van der Waals surface area contributed by atoms with Crippen LogP contribution in [0.2, 0.25) is 0 Å². The Labute approximate surface area is 207 Å². The van der Waals surface area contributed by atoms with Gasteiger partial charge in [0.05, 0.1) is 6.26 Å². The Morgan fingerprint density at radius 1 is 1.03 bits per heavy atom. The normalized spacial score (nSPS) is 15.7. The van der Waals surface area contributed by atoms with E-state index in [1.807, 2.05) is 36.4 Å². The lowest BCUT2D eigenvalue weighted by molar-refractivity contribution is -0.120. The smallest absolute Gasteiger partial charge is 0.230 e. The molecule has 0 radical (unpaired) electrons. The van der Waals surface area contributed by atoms with E-state index in [0.717, 1.165) is 30.3 Å². The Balaban J connectivity index is 1.45. The zero-order chi connectivity index (χ0) is 25.2. The summed E-state index contributed by atoms with van der Waals surface area (Å²) in [4.78, 5) is 17.1. The molecule has 3 aromatic rings. The molecule has 2 aromatic carbocycles. The molecule has 1 heterocycles. The van der Waals surface area contributed by atoms with Crippen molar-refractivity contribution in [3.05, 3.63) is 77.5 Å². The highest BCUT2D eigenvalue weighted by molar-refractivity contribution is 7.92. The third kappa shape index (κ3) is 6.60. The van der Waals surface area contributed by atoms with Crippen molar-refractivity contribution in [2.45, 2.75) is 45.4 Å². The highest BCUT2D eigenvalue weighted by Gasteiger charge is 2.25. The lowest BCUT2D eigenvalue weighted by Crippen LogP contribution is -2.28. The van der Waals surface area contributed by atoms with Crippen molar-refractivity contribution in [2.24, 2.45) is 5.92 Å². The highest BCUT2D eigenvalue weighted by atomic mass is 32.2. The first-order valence-electron chi connectivity index (χ1n) is 11.6. The summed E-state index contributed by atoms with van der Waals surface area (Å²) >= 11 is 0. The summed E-state index contributed by atoms with van der Waals surface area (Å²) < 4.78 is 31.2. The van der Waals surface area contributed by atoms with E-state index in [0.29, 0.717) is 17.9 Å². The molecule has 1 amide bonds. The number of rotatable bonds is 6. The van der Waals surface area contributed by atoms with Crippen LogP contribution in [-0.4, -0.2) is 25.6 Å². The number of hydrogen-bond acceptors (Lipinski definition) is 5. The molecule has 1 aliphatic carbocycles. The number of pyridine rings is 1. The van der Waals surface area contributed by atoms with Crippen molar-refractivity contribution in [1.82, 2.24) is 4.98 Å². The molecule has 0 saturated carbocycles. The number of anilines is 2. The van der Waals surface area contributed by atoms with Gasteiger partial charge < -0.3 is 10.1 Å². The Hall–Kier alpha value is -3.39. The molecular formula is C27H31N3O4S. The lowest BCUT2D eigenvalue weighted by Gasteiger charge is -2.25. The molecule has 35 heavy (non-hydrogen) atoms. The maximum absolute atomic E-state index is 13.1. The van der Waals surface area contributed by atoms with Crippen molar-refractivity contribution in [3.63, 3.8) is 0 Å². The largest absolute Gasteiger partial charge is 0.457 e. The van der Waals surface area contributed by atoms with Crippen LogP contribution >= 0.6 is 0 Å². The zero-order valence-corrected chi connectivity index (χ0v) is 21.3. The topological polar surface area (TPSA) is 97.4 Å². The second-order valence-electron chi connectivity index (χ2n) is 10.0. The summed E-state index contributed by atoms with van der Waals surface area (Å²) in [5, 5.41) is 3.10. The third-order valence-corrected chi connectivity index (χ3v) is 6.61. The number of amides is 1. The molecule has 0 aliphatic heterocycles. The van der Waals surface area contributed by atoms with Crippen molar-refractivity contribution in [3.8, 4) is 11.5 Å². The van der Waals surface area contributed by atoms with E-state index in [1.165, 1.54) is 23.4 Å². The van der Waals surface area contributed by atoms with Gasteiger partial charge in [-0.05, 0) is 71.7 Å². The van der Waals surface area contributed by atoms with E-state index in [1.54, 1.807) is 6.07 Å². The molecule has 0 saturated heterocycles. The molecular weight excluding hydrogens is 462 g/mol. The number of hydrogen-bond donors (Lipinski definition) is 2. The predicted molar refractivity (Wildman–Crippen MR) is 139 cm³/mol. The molecule has 0 fully saturated rings. The van der Waals surface area contributed by atoms with Crippen molar-refractivity contribution >= 4 is 27.4 Å². The van der Waals surface area contributed by atoms with Crippen LogP contribution in [0.5, 0.6) is 11.5 Å². The Bertz CT molecular complexity index is 1350. The Morgan fingerprint density at radius 3 is 2.54 bits per heavy atom. The number of aryl methyl sites for hydroxylation is 1. The first-order valence-corrected chi connectivity index (χ1v) is 13.5. The Kier molecular flexibility index (Phi) is 6.85. The van der Waals surface area contributed by atoms with Crippen LogP contribution < -0.4 is 14.8 Å². The number of nitrogens with zero attached hydrogens (tertiary/aromatic N) is 1. The first-order chi connectivity index (χ1) is 16.5. The van der Waals surface area contributed by atoms with Gasteiger partial charge in [-0.15, -0.1) is 0 Å². The summed E-state index contributed by atoms with van der Waals surface area (Å²) in [7, 11) is -3.43. The molecule has 0 bridgehead atoms. The number of nitrogens with one attached hydrogen (secondary N) is 2. The SMILES string of the molecule is CC(C)(C)c1cccc(NC(=O)C2CCc3ccc(Oc4ccnc(NS(C)(=O)=O)c4)cc3C2)c1. The minimum Gasteiger partial charge on any atom is -0.457 e. The van der Waals surface area contributed by atoms with Crippen LogP contribution in [0.3, 0.4) is 0 Å². The number of carbonyl (C=O) groups is 1. The van der Waals surface area contributed by atoms with Crippen LogP contribution in [0.25, 0.3) is 0 Å². The van der Waals surface area contributed by atoms with E-state index >= 15 is 0 Å². The van der Waals surface area contributed by atoms with Gasteiger partial charge in [-0.3, -0.25) is 9.52 Å². The summed E-state index contributed by atoms with van der Waals surface area (Å²) in [5.41, 5.74) is 4.31. The van der Waals surface area contributed by atoms with Gasteiger partial charge in [0.25, 0.3) is 0 Å². The van der Waals surface area contributed by atoms with Crippen LogP contribution in [-0.2, 0) is 33.1 Å². The number of sulfonamides is 1. The van der Waals surface area contributed by atoms with Gasteiger partial charge in [0.2, 0.25) is 15.9 Å². The third-order valence-electron chi connectivity index (χ3n) is 6.03. The van der Waals surface area contributed by atoms with Gasteiger partial charge >= 0.3 is 0 Å². The molecule has 1 aliphatic rings. The van der Waals surface area contributed by atoms with Gasteiger partial charge in [0, 0.05) is 23.9 Å². The summed E-state index contributed by atoms with van der Waals surface area (Å²) in [6.45, 7) is 6.46. The highest BCUT2D eigenvalue weighted by Crippen LogP contribution is 2.32. The maximum Gasteiger partial charge on any atom is 0.230 e. The predicted octanol–water partition coefficient (Wildman–Crippen LogP) is 5.29. The van der Waals surface area contributed by atoms with E-state index in [9.17, 15) is 13.2 Å². The standard InChI is InChI=1S/C27H31N3O4S/c1-27(2,3)21-6-5-7-22(16-21)29-26(31)19-9-8-18-10-11-23(15-20(18)14-19)34-24-12-13-28-25(17-24)30-35(4,32)33/h5-7,10-13,15-17,19H,8-9,14H2,1-4H3,(H,28,30)(H,29,31). The molecule has 0 spiro atoms. The van der Waals surface area contributed by atoms with Gasteiger partial charge in [0.1, 0.15) is 17.3 Å². The fourth-order valence-electron chi connectivity index (χ4n) is 4.19. The van der Waals surface area contributed by atoms with Gasteiger partial charge in [-0.1, -0.05) is 39.0 Å². The fourth-order valence-corrected chi connectivity index (χ4v) is 4.68. The minimum absolute atomic E-state index is 0.0113. The van der Waals surface area contributed by atoms with E-state index in [4.69, 9.17) is 4.74 Å². The number of aromatic nitrogens is 1. The van der Waals surface area contributed by atoms with E-state index in [-0.39, 0.29) is 23.1 Å². The van der Waals surface area contributed by atoms with Crippen LogP contribution in [0.15, 0.2) is 60.8 Å². The summed E-state index contributed by atoms with van der Waals surface area (Å²) in [6.07, 6.45) is 4.81. The molecule has 4 rings (SSSR count). The van der Waals surface area contributed by atoms with E-state index in [2.05, 4.69) is 41.9 Å². The van der Waals surface area contributed by atoms with Gasteiger partial charge in [0.15, 0.2) is 0 Å². The minimum atomic E-state index is -3.43. The number of fused-ring (bicyclic) bond motifs is 1. The maximum atomic E-state index is 13.1. The van der Waals surface area contributed by atoms with Crippen molar-refractivity contribution < 1.29 is 17.9 Å². The van der Waals surface area contributed by atoms with Crippen LogP contribution in [0, 0.1) is 5.92 Å². The second-order valence-corrected chi connectivity index (χ2v) is 11.8. The summed E-state index contributed by atoms with van der Waals surface area (Å²) in [6, 6.07) is 17.1. The second kappa shape index (κ2) is 9.70. The first kappa shape index (κ1) is 24.7. The fraction of sp³-hybridized carbons (Fsp3) is 0.333. The lowest BCUT2D eigenvalue weighted by atomic mass is 9.83. The van der Waals surface area contributed by atoms with E-state index < -0.39 is 10.0 Å². The molecule has 1 atom stereocenters. The van der Waals surface area contributed by atoms with Gasteiger partial charge in [-0.25, -0.2) is 13.4 Å². The molecule has 184 valence electrons. The quantitative estimate of drug-likeness (QED) is 0.487. The van der Waals surface area contributed by atoms with Crippen LogP contribution in [0.1, 0.15) is 43.9 Å². The Morgan fingerprint density at radius 2 is 1.80 bits per heavy atom. The van der Waals surface area contributed by atoms with Gasteiger partial charge in [-0.2, -0.15) is 0 Å². The van der Waals surface area contributed by atoms with Crippen molar-refractivity contribution in [2.75, 3.05) is 16.3 Å². The number of carbonyl (C=O) groups excluding carboxylic acids is 1. The zero-order valence-electron chi connectivity index (χ0n) is 20.5. The molecule has 1 unspecified atom stereocenters. The average molecular weight is 494 g/mol. The average Bonchev–Trinajstić information content (AvgIpc) is 2.77. The molecule has 1 aromatic heterocycles. The van der Waals surface area contributed by atoms with Crippen LogP contribution in [0.4, 0.5) is 11.5 Å². The molecule has 7 nitrogen and oxygen atoms in total.